The van der Waals surface area contributed by atoms with Crippen molar-refractivity contribution in [2.75, 3.05) is 6.61 Å². The lowest BCUT2D eigenvalue weighted by Crippen LogP contribution is -2.44. The SMILES string of the molecule is CCOc1cc(/C=C2/SC(=S)N(NC(=O)c3ccc(C)cc3Cl)C2=O)ccc1OCc1ccccc1. The fraction of sp³-hybridized carbons (Fsp3) is 0.148. The van der Waals surface area contributed by atoms with E-state index in [1.807, 2.05) is 56.3 Å². The number of hydrazine groups is 1. The Bertz CT molecular complexity index is 1340. The fourth-order valence-electron chi connectivity index (χ4n) is 3.42. The van der Waals surface area contributed by atoms with E-state index in [-0.39, 0.29) is 9.88 Å². The normalized spacial score (nSPS) is 14.3. The summed E-state index contributed by atoms with van der Waals surface area (Å²) < 4.78 is 11.9. The first-order valence-electron chi connectivity index (χ1n) is 11.1. The van der Waals surface area contributed by atoms with Crippen LogP contribution in [0.5, 0.6) is 11.5 Å². The van der Waals surface area contributed by atoms with Gasteiger partial charge in [-0.05, 0) is 73.1 Å². The van der Waals surface area contributed by atoms with Gasteiger partial charge in [0.1, 0.15) is 6.61 Å². The number of benzene rings is 3. The maximum Gasteiger partial charge on any atom is 0.285 e. The first kappa shape index (κ1) is 25.8. The molecule has 184 valence electrons. The third kappa shape index (κ3) is 6.07. The molecule has 1 N–H and O–H groups in total. The average Bonchev–Trinajstić information content (AvgIpc) is 3.11. The maximum absolute atomic E-state index is 13.0. The van der Waals surface area contributed by atoms with Crippen LogP contribution in [-0.2, 0) is 11.4 Å². The van der Waals surface area contributed by atoms with Gasteiger partial charge in [-0.1, -0.05) is 65.8 Å². The number of aryl methyl sites for hydroxylation is 1. The second kappa shape index (κ2) is 11.6. The second-order valence-corrected chi connectivity index (χ2v) is 9.94. The van der Waals surface area contributed by atoms with Crippen molar-refractivity contribution < 1.29 is 19.1 Å². The molecule has 36 heavy (non-hydrogen) atoms. The number of amides is 2. The number of ether oxygens (including phenoxy) is 2. The van der Waals surface area contributed by atoms with Crippen molar-refractivity contribution in [1.29, 1.82) is 0 Å². The minimum Gasteiger partial charge on any atom is -0.490 e. The first-order chi connectivity index (χ1) is 17.4. The Kier molecular flexibility index (Phi) is 8.30. The Balaban J connectivity index is 1.49. The van der Waals surface area contributed by atoms with Gasteiger partial charge in [-0.15, -0.1) is 0 Å². The number of hydrogen-bond donors (Lipinski definition) is 1. The van der Waals surface area contributed by atoms with Crippen LogP contribution >= 0.6 is 35.6 Å². The number of halogens is 1. The maximum atomic E-state index is 13.0. The molecule has 0 bridgehead atoms. The molecule has 0 radical (unpaired) electrons. The van der Waals surface area contributed by atoms with E-state index in [1.54, 1.807) is 30.3 Å². The number of thioether (sulfide) groups is 1. The van der Waals surface area contributed by atoms with Crippen molar-refractivity contribution in [1.82, 2.24) is 10.4 Å². The van der Waals surface area contributed by atoms with Gasteiger partial charge in [-0.25, -0.2) is 0 Å². The largest absolute Gasteiger partial charge is 0.490 e. The smallest absolute Gasteiger partial charge is 0.285 e. The van der Waals surface area contributed by atoms with Crippen LogP contribution in [0.4, 0.5) is 0 Å². The summed E-state index contributed by atoms with van der Waals surface area (Å²) in [7, 11) is 0. The van der Waals surface area contributed by atoms with Crippen LogP contribution < -0.4 is 14.9 Å². The van der Waals surface area contributed by atoms with Crippen molar-refractivity contribution in [3.05, 3.63) is 98.9 Å². The van der Waals surface area contributed by atoms with Crippen LogP contribution in [0.1, 0.15) is 34.0 Å². The van der Waals surface area contributed by atoms with Gasteiger partial charge in [0.15, 0.2) is 15.8 Å². The molecule has 0 atom stereocenters. The molecular formula is C27H23ClN2O4S2. The molecule has 9 heteroatoms. The molecule has 3 aromatic carbocycles. The molecule has 1 fully saturated rings. The summed E-state index contributed by atoms with van der Waals surface area (Å²) in [5.41, 5.74) is 5.52. The molecule has 4 rings (SSSR count). The van der Waals surface area contributed by atoms with Gasteiger partial charge < -0.3 is 9.47 Å². The van der Waals surface area contributed by atoms with Gasteiger partial charge in [-0.2, -0.15) is 5.01 Å². The predicted octanol–water partition coefficient (Wildman–Crippen LogP) is 6.17. The van der Waals surface area contributed by atoms with Gasteiger partial charge in [0, 0.05) is 0 Å². The van der Waals surface area contributed by atoms with E-state index < -0.39 is 11.8 Å². The molecule has 6 nitrogen and oxygen atoms in total. The van der Waals surface area contributed by atoms with E-state index in [1.165, 1.54) is 0 Å². The van der Waals surface area contributed by atoms with E-state index in [9.17, 15) is 9.59 Å². The van der Waals surface area contributed by atoms with E-state index in [0.717, 1.165) is 33.5 Å². The van der Waals surface area contributed by atoms with Crippen molar-refractivity contribution >= 4 is 57.8 Å². The van der Waals surface area contributed by atoms with E-state index >= 15 is 0 Å². The zero-order chi connectivity index (χ0) is 25.7. The quantitative estimate of drug-likeness (QED) is 0.273. The molecule has 1 aliphatic heterocycles. The zero-order valence-corrected chi connectivity index (χ0v) is 22.0. The molecule has 3 aromatic rings. The van der Waals surface area contributed by atoms with Crippen LogP contribution in [0.25, 0.3) is 6.08 Å². The standard InChI is InChI=1S/C27H23ClN2O4S2/c1-3-33-23-14-19(10-12-22(23)34-16-18-7-5-4-6-8-18)15-24-26(32)30(27(35)36-24)29-25(31)20-11-9-17(2)13-21(20)28/h4-15H,3,16H2,1-2H3,(H,29,31)/b24-15+. The van der Waals surface area contributed by atoms with Gasteiger partial charge in [0.05, 0.1) is 22.1 Å². The van der Waals surface area contributed by atoms with Crippen molar-refractivity contribution in [2.45, 2.75) is 20.5 Å². The molecule has 1 heterocycles. The Morgan fingerprint density at radius 2 is 1.86 bits per heavy atom. The Morgan fingerprint density at radius 3 is 2.58 bits per heavy atom. The summed E-state index contributed by atoms with van der Waals surface area (Å²) in [4.78, 5) is 26.1. The molecule has 0 saturated carbocycles. The lowest BCUT2D eigenvalue weighted by atomic mass is 10.1. The Morgan fingerprint density at radius 1 is 1.08 bits per heavy atom. The molecule has 0 aromatic heterocycles. The molecule has 2 amide bonds. The van der Waals surface area contributed by atoms with Crippen LogP contribution in [0.15, 0.2) is 71.6 Å². The van der Waals surface area contributed by atoms with Gasteiger partial charge in [0.2, 0.25) is 0 Å². The van der Waals surface area contributed by atoms with Crippen LogP contribution in [-0.4, -0.2) is 27.8 Å². The monoisotopic (exact) mass is 538 g/mol. The first-order valence-corrected chi connectivity index (χ1v) is 12.7. The molecule has 1 aliphatic rings. The topological polar surface area (TPSA) is 67.9 Å². The van der Waals surface area contributed by atoms with Gasteiger partial charge >= 0.3 is 0 Å². The Labute approximate surface area is 224 Å². The van der Waals surface area contributed by atoms with Crippen LogP contribution in [0.3, 0.4) is 0 Å². The number of rotatable bonds is 8. The molecule has 1 saturated heterocycles. The van der Waals surface area contributed by atoms with Crippen LogP contribution in [0.2, 0.25) is 5.02 Å². The van der Waals surface area contributed by atoms with Crippen molar-refractivity contribution in [3.63, 3.8) is 0 Å². The van der Waals surface area contributed by atoms with Gasteiger partial charge in [0.25, 0.3) is 11.8 Å². The predicted molar refractivity (Wildman–Crippen MR) is 147 cm³/mol. The van der Waals surface area contributed by atoms with E-state index in [4.69, 9.17) is 33.3 Å². The minimum absolute atomic E-state index is 0.218. The molecule has 0 spiro atoms. The summed E-state index contributed by atoms with van der Waals surface area (Å²) in [6, 6.07) is 20.4. The number of thiocarbonyl (C=S) groups is 1. The van der Waals surface area contributed by atoms with E-state index in [2.05, 4.69) is 5.43 Å². The number of nitrogens with one attached hydrogen (secondary N) is 1. The number of hydrogen-bond acceptors (Lipinski definition) is 6. The average molecular weight is 539 g/mol. The summed E-state index contributed by atoms with van der Waals surface area (Å²) in [5, 5.41) is 1.36. The minimum atomic E-state index is -0.518. The molecule has 0 aliphatic carbocycles. The second-order valence-electron chi connectivity index (χ2n) is 7.85. The number of nitrogens with zero attached hydrogens (tertiary/aromatic N) is 1. The summed E-state index contributed by atoms with van der Waals surface area (Å²) >= 11 is 12.6. The third-order valence-electron chi connectivity index (χ3n) is 5.18. The fourth-order valence-corrected chi connectivity index (χ4v) is 4.92. The number of carbonyl (C=O) groups excluding carboxylic acids is 2. The molecular weight excluding hydrogens is 516 g/mol. The highest BCUT2D eigenvalue weighted by atomic mass is 35.5. The lowest BCUT2D eigenvalue weighted by Gasteiger charge is -2.16. The highest BCUT2D eigenvalue weighted by Gasteiger charge is 2.34. The summed E-state index contributed by atoms with van der Waals surface area (Å²) in [6.07, 6.45) is 1.70. The van der Waals surface area contributed by atoms with E-state index in [0.29, 0.717) is 34.6 Å². The highest BCUT2D eigenvalue weighted by Crippen LogP contribution is 2.34. The van der Waals surface area contributed by atoms with Gasteiger partial charge in [-0.3, -0.25) is 15.0 Å². The van der Waals surface area contributed by atoms with Crippen molar-refractivity contribution in [3.8, 4) is 11.5 Å². The summed E-state index contributed by atoms with van der Waals surface area (Å²) in [6.45, 7) is 4.63. The molecule has 0 unspecified atom stereocenters. The third-order valence-corrected chi connectivity index (χ3v) is 6.79. The number of carbonyl (C=O) groups is 2. The zero-order valence-electron chi connectivity index (χ0n) is 19.6. The Hall–Kier alpha value is -3.33. The van der Waals surface area contributed by atoms with Crippen molar-refractivity contribution in [2.24, 2.45) is 0 Å². The lowest BCUT2D eigenvalue weighted by molar-refractivity contribution is -0.123. The summed E-state index contributed by atoms with van der Waals surface area (Å²) in [5.74, 6) is 0.229. The van der Waals surface area contributed by atoms with Crippen LogP contribution in [0, 0.1) is 6.92 Å². The highest BCUT2D eigenvalue weighted by molar-refractivity contribution is 8.26.